The van der Waals surface area contributed by atoms with E-state index in [0.29, 0.717) is 42.2 Å². The maximum atomic E-state index is 15.3. The average molecular weight is 487 g/mol. The number of amides is 1. The van der Waals surface area contributed by atoms with Crippen molar-refractivity contribution in [3.8, 4) is 6.07 Å². The highest BCUT2D eigenvalue weighted by atomic mass is 19.1. The number of hydrogen-bond donors (Lipinski definition) is 4. The van der Waals surface area contributed by atoms with Crippen molar-refractivity contribution >= 4 is 28.3 Å². The van der Waals surface area contributed by atoms with Crippen LogP contribution in [0.2, 0.25) is 0 Å². The molecule has 184 valence electrons. The Morgan fingerprint density at radius 1 is 1.31 bits per heavy atom. The van der Waals surface area contributed by atoms with Gasteiger partial charge in [0.25, 0.3) is 0 Å². The lowest BCUT2D eigenvalue weighted by molar-refractivity contribution is -0.114. The highest BCUT2D eigenvalue weighted by molar-refractivity contribution is 5.94. The van der Waals surface area contributed by atoms with Crippen LogP contribution < -0.4 is 21.3 Å². The first-order valence-corrected chi connectivity index (χ1v) is 11.7. The predicted octanol–water partition coefficient (Wildman–Crippen LogP) is 2.58. The van der Waals surface area contributed by atoms with Gasteiger partial charge in [0.1, 0.15) is 23.9 Å². The zero-order chi connectivity index (χ0) is 25.2. The molecular formula is C26H27FN8O. The zero-order valence-electron chi connectivity index (χ0n) is 19.8. The Morgan fingerprint density at radius 2 is 2.17 bits per heavy atom. The fraction of sp³-hybridized carbons (Fsp3) is 0.269. The van der Waals surface area contributed by atoms with Crippen molar-refractivity contribution in [2.75, 3.05) is 36.9 Å². The highest BCUT2D eigenvalue weighted by Crippen LogP contribution is 2.26. The van der Waals surface area contributed by atoms with E-state index in [1.165, 1.54) is 6.20 Å². The maximum Gasteiger partial charge on any atom is 0.248 e. The number of allylic oxidation sites excluding steroid dienone is 1. The van der Waals surface area contributed by atoms with Crippen molar-refractivity contribution in [1.82, 2.24) is 20.2 Å². The zero-order valence-corrected chi connectivity index (χ0v) is 19.8. The van der Waals surface area contributed by atoms with Crippen molar-refractivity contribution in [3.63, 3.8) is 0 Å². The van der Waals surface area contributed by atoms with Crippen LogP contribution in [0.25, 0.3) is 10.9 Å². The van der Waals surface area contributed by atoms with Gasteiger partial charge in [0.05, 0.1) is 30.3 Å². The Kier molecular flexibility index (Phi) is 6.21. The molecule has 0 saturated carbocycles. The van der Waals surface area contributed by atoms with Crippen LogP contribution in [0, 0.1) is 11.3 Å². The van der Waals surface area contributed by atoms with Crippen LogP contribution in [0.15, 0.2) is 72.0 Å². The lowest BCUT2D eigenvalue weighted by atomic mass is 10.0. The van der Waals surface area contributed by atoms with E-state index in [2.05, 4.69) is 20.6 Å². The number of hydrogen-bond acceptors (Lipinski definition) is 7. The van der Waals surface area contributed by atoms with E-state index in [9.17, 15) is 4.79 Å². The number of aromatic amines is 1. The fourth-order valence-electron chi connectivity index (χ4n) is 4.60. The summed E-state index contributed by atoms with van der Waals surface area (Å²) in [5.41, 5.74) is 8.97. The van der Waals surface area contributed by atoms with Gasteiger partial charge in [-0.2, -0.15) is 5.26 Å². The van der Waals surface area contributed by atoms with E-state index >= 15 is 4.39 Å². The number of rotatable bonds is 6. The summed E-state index contributed by atoms with van der Waals surface area (Å²) in [6, 6.07) is 13.0. The SMILES string of the molecule is CN1CC(C(N)=O)=C(NC2CCN(c3ccc(C#N)cn3)CC2F)C=C1Nc1ccc2cc[nH]c2c1. The van der Waals surface area contributed by atoms with E-state index in [0.717, 1.165) is 22.4 Å². The predicted molar refractivity (Wildman–Crippen MR) is 136 cm³/mol. The third kappa shape index (κ3) is 4.68. The van der Waals surface area contributed by atoms with Gasteiger partial charge in [-0.05, 0) is 42.1 Å². The molecule has 9 nitrogen and oxygen atoms in total. The quantitative estimate of drug-likeness (QED) is 0.422. The van der Waals surface area contributed by atoms with Gasteiger partial charge in [-0.25, -0.2) is 9.37 Å². The van der Waals surface area contributed by atoms with Gasteiger partial charge >= 0.3 is 0 Å². The Hall–Kier alpha value is -4.52. The molecule has 0 spiro atoms. The van der Waals surface area contributed by atoms with Gasteiger partial charge < -0.3 is 31.2 Å². The largest absolute Gasteiger partial charge is 0.379 e. The molecule has 0 bridgehead atoms. The third-order valence-electron chi connectivity index (χ3n) is 6.62. The molecule has 2 aliphatic rings. The summed E-state index contributed by atoms with van der Waals surface area (Å²) in [7, 11) is 1.87. The van der Waals surface area contributed by atoms with Gasteiger partial charge in [0, 0.05) is 49.0 Å². The Labute approximate surface area is 208 Å². The van der Waals surface area contributed by atoms with Crippen molar-refractivity contribution in [3.05, 3.63) is 77.5 Å². The minimum Gasteiger partial charge on any atom is -0.379 e. The van der Waals surface area contributed by atoms with E-state index in [1.54, 1.807) is 12.1 Å². The van der Waals surface area contributed by atoms with E-state index in [4.69, 9.17) is 11.0 Å². The molecule has 10 heteroatoms. The van der Waals surface area contributed by atoms with Crippen LogP contribution in [0.5, 0.6) is 0 Å². The summed E-state index contributed by atoms with van der Waals surface area (Å²) in [5, 5.41) is 16.7. The summed E-state index contributed by atoms with van der Waals surface area (Å²) in [6.07, 6.45) is 4.50. The number of primary amides is 1. The lowest BCUT2D eigenvalue weighted by Gasteiger charge is -2.38. The standard InChI is InChI=1S/C26H27FN8O/c1-34-14-19(26(29)36)23(11-25(34)32-18-4-3-17-6-8-30-22(17)10-18)33-21-7-9-35(15-20(21)27)24-5-2-16(12-28)13-31-24/h2-6,8,10-11,13,20-21,30,32-33H,7,9,14-15H2,1H3,(H2,29,36). The maximum absolute atomic E-state index is 15.3. The summed E-state index contributed by atoms with van der Waals surface area (Å²) >= 11 is 0. The number of carbonyl (C=O) groups is 1. The second-order valence-corrected chi connectivity index (χ2v) is 9.07. The Morgan fingerprint density at radius 3 is 2.89 bits per heavy atom. The van der Waals surface area contributed by atoms with Crippen LogP contribution in [0.4, 0.5) is 15.9 Å². The molecule has 5 rings (SSSR count). The highest BCUT2D eigenvalue weighted by Gasteiger charge is 2.32. The first-order valence-electron chi connectivity index (χ1n) is 11.7. The molecular weight excluding hydrogens is 459 g/mol. The van der Waals surface area contributed by atoms with Crippen molar-refractivity contribution in [2.24, 2.45) is 5.73 Å². The number of fused-ring (bicyclic) bond motifs is 1. The molecule has 3 aromatic rings. The molecule has 0 radical (unpaired) electrons. The Bertz CT molecular complexity index is 1390. The molecule has 1 aromatic carbocycles. The number of alkyl halides is 1. The number of anilines is 2. The van der Waals surface area contributed by atoms with Gasteiger partial charge in [-0.1, -0.05) is 6.07 Å². The number of halogens is 1. The summed E-state index contributed by atoms with van der Waals surface area (Å²) in [4.78, 5) is 23.5. The van der Waals surface area contributed by atoms with Crippen molar-refractivity contribution < 1.29 is 9.18 Å². The number of benzene rings is 1. The molecule has 4 heterocycles. The molecule has 1 fully saturated rings. The molecule has 2 atom stereocenters. The first kappa shape index (κ1) is 23.2. The molecule has 1 saturated heterocycles. The van der Waals surface area contributed by atoms with Crippen molar-refractivity contribution in [2.45, 2.75) is 18.6 Å². The van der Waals surface area contributed by atoms with E-state index < -0.39 is 18.1 Å². The van der Waals surface area contributed by atoms with Crippen LogP contribution in [-0.4, -0.2) is 59.7 Å². The van der Waals surface area contributed by atoms with Crippen LogP contribution in [-0.2, 0) is 4.79 Å². The van der Waals surface area contributed by atoms with Gasteiger partial charge in [0.2, 0.25) is 5.91 Å². The normalized spacial score (nSPS) is 20.2. The number of nitrogens with one attached hydrogen (secondary N) is 3. The second-order valence-electron chi connectivity index (χ2n) is 9.07. The molecule has 2 aliphatic heterocycles. The first-order chi connectivity index (χ1) is 17.4. The number of pyridine rings is 1. The van der Waals surface area contributed by atoms with Crippen LogP contribution >= 0.6 is 0 Å². The number of nitrogens with two attached hydrogens (primary N) is 1. The molecule has 36 heavy (non-hydrogen) atoms. The van der Waals surface area contributed by atoms with Crippen molar-refractivity contribution in [1.29, 1.82) is 5.26 Å². The number of likely N-dealkylation sites (N-methyl/N-ethyl adjacent to an activating group) is 1. The summed E-state index contributed by atoms with van der Waals surface area (Å²) < 4.78 is 15.3. The number of H-pyrrole nitrogens is 1. The number of aromatic nitrogens is 2. The van der Waals surface area contributed by atoms with E-state index in [1.807, 2.05) is 59.5 Å². The van der Waals surface area contributed by atoms with Gasteiger partial charge in [-0.3, -0.25) is 4.79 Å². The smallest absolute Gasteiger partial charge is 0.248 e. The molecule has 5 N–H and O–H groups in total. The second kappa shape index (κ2) is 9.62. The molecule has 1 amide bonds. The summed E-state index contributed by atoms with van der Waals surface area (Å²) in [5.74, 6) is 0.863. The third-order valence-corrected chi connectivity index (χ3v) is 6.62. The monoisotopic (exact) mass is 486 g/mol. The Balaban J connectivity index is 1.32. The number of carbonyl (C=O) groups excluding carboxylic acids is 1. The average Bonchev–Trinajstić information content (AvgIpc) is 3.35. The topological polar surface area (TPSA) is 126 Å². The minimum absolute atomic E-state index is 0.153. The van der Waals surface area contributed by atoms with E-state index in [-0.39, 0.29) is 6.54 Å². The van der Waals surface area contributed by atoms with Crippen LogP contribution in [0.1, 0.15) is 12.0 Å². The molecule has 2 aromatic heterocycles. The lowest BCUT2D eigenvalue weighted by Crippen LogP contribution is -2.51. The molecule has 0 aliphatic carbocycles. The number of nitrogens with zero attached hydrogens (tertiary/aromatic N) is 4. The summed E-state index contributed by atoms with van der Waals surface area (Å²) in [6.45, 7) is 1.04. The van der Waals surface area contributed by atoms with Gasteiger partial charge in [0.15, 0.2) is 0 Å². The van der Waals surface area contributed by atoms with Gasteiger partial charge in [-0.15, -0.1) is 0 Å². The minimum atomic E-state index is -1.20. The number of piperidine rings is 1. The number of nitriles is 1. The fourth-order valence-corrected chi connectivity index (χ4v) is 4.60. The van der Waals surface area contributed by atoms with Crippen LogP contribution in [0.3, 0.4) is 0 Å². The molecule has 2 unspecified atom stereocenters.